The van der Waals surface area contributed by atoms with E-state index in [0.717, 1.165) is 10.4 Å². The number of nitrogens with two attached hydrogens (primary N) is 1. The molecule has 1 unspecified atom stereocenters. The highest BCUT2D eigenvalue weighted by atomic mass is 32.2. The van der Waals surface area contributed by atoms with Crippen molar-refractivity contribution >= 4 is 21.4 Å². The molecule has 0 radical (unpaired) electrons. The van der Waals surface area contributed by atoms with Gasteiger partial charge in [-0.2, -0.15) is 4.31 Å². The fraction of sp³-hybridized carbons (Fsp3) is 0.636. The minimum atomic E-state index is -3.39. The van der Waals surface area contributed by atoms with Crippen molar-refractivity contribution in [3.05, 3.63) is 16.5 Å². The van der Waals surface area contributed by atoms with Gasteiger partial charge < -0.3 is 10.5 Å². The highest BCUT2D eigenvalue weighted by Gasteiger charge is 2.30. The largest absolute Gasteiger partial charge is 0.376 e. The lowest BCUT2D eigenvalue weighted by molar-refractivity contribution is 0.0102. The molecule has 1 aromatic rings. The van der Waals surface area contributed by atoms with Crippen molar-refractivity contribution < 1.29 is 13.2 Å². The van der Waals surface area contributed by atoms with E-state index in [1.54, 1.807) is 6.07 Å². The average molecular weight is 290 g/mol. The Morgan fingerprint density at radius 2 is 2.33 bits per heavy atom. The second kappa shape index (κ2) is 5.26. The first-order valence-corrected chi connectivity index (χ1v) is 8.12. The molecule has 1 fully saturated rings. The third-order valence-corrected chi connectivity index (χ3v) is 6.56. The quantitative estimate of drug-likeness (QED) is 0.898. The molecule has 2 N–H and O–H groups in total. The molecule has 1 aliphatic heterocycles. The van der Waals surface area contributed by atoms with Crippen molar-refractivity contribution in [3.63, 3.8) is 0 Å². The summed E-state index contributed by atoms with van der Waals surface area (Å²) in [5.41, 5.74) is 6.54. The summed E-state index contributed by atoms with van der Waals surface area (Å²) in [7, 11) is -3.39. The monoisotopic (exact) mass is 290 g/mol. The summed E-state index contributed by atoms with van der Waals surface area (Å²) in [4.78, 5) is 0.926. The highest BCUT2D eigenvalue weighted by molar-refractivity contribution is 7.91. The molecule has 7 heteroatoms. The van der Waals surface area contributed by atoms with Crippen LogP contribution in [0.15, 0.2) is 10.3 Å². The summed E-state index contributed by atoms with van der Waals surface area (Å²) in [6, 6.07) is 1.71. The van der Waals surface area contributed by atoms with E-state index >= 15 is 0 Å². The molecule has 102 valence electrons. The van der Waals surface area contributed by atoms with E-state index in [1.807, 2.05) is 13.8 Å². The predicted molar refractivity (Wildman–Crippen MR) is 71.1 cm³/mol. The van der Waals surface area contributed by atoms with Crippen molar-refractivity contribution in [3.8, 4) is 0 Å². The summed E-state index contributed by atoms with van der Waals surface area (Å²) >= 11 is 1.27. The second-order valence-electron chi connectivity index (χ2n) is 4.42. The molecule has 18 heavy (non-hydrogen) atoms. The Morgan fingerprint density at radius 1 is 1.61 bits per heavy atom. The Morgan fingerprint density at radius 3 is 2.89 bits per heavy atom. The van der Waals surface area contributed by atoms with E-state index in [0.29, 0.717) is 30.5 Å². The van der Waals surface area contributed by atoms with Crippen molar-refractivity contribution in [2.75, 3.05) is 19.7 Å². The third-order valence-electron chi connectivity index (χ3n) is 2.98. The zero-order valence-electron chi connectivity index (χ0n) is 10.5. The van der Waals surface area contributed by atoms with Crippen LogP contribution in [0.4, 0.5) is 0 Å². The molecule has 0 saturated carbocycles. The molecule has 0 aliphatic carbocycles. The van der Waals surface area contributed by atoms with Crippen LogP contribution >= 0.6 is 11.3 Å². The maximum atomic E-state index is 12.5. The number of hydrogen-bond acceptors (Lipinski definition) is 5. The molecular formula is C11H18N2O3S2. The van der Waals surface area contributed by atoms with Crippen molar-refractivity contribution in [1.82, 2.24) is 4.31 Å². The number of rotatable bonds is 3. The lowest BCUT2D eigenvalue weighted by Gasteiger charge is -2.29. The van der Waals surface area contributed by atoms with E-state index in [9.17, 15) is 8.42 Å². The molecule has 1 aliphatic rings. The Balaban J connectivity index is 2.29. The maximum Gasteiger partial charge on any atom is 0.252 e. The average Bonchev–Trinajstić information content (AvgIpc) is 2.71. The number of ether oxygens (including phenoxy) is 1. The smallest absolute Gasteiger partial charge is 0.252 e. The van der Waals surface area contributed by atoms with Crippen LogP contribution < -0.4 is 5.73 Å². The molecule has 0 aromatic carbocycles. The molecule has 2 heterocycles. The van der Waals surface area contributed by atoms with Crippen molar-refractivity contribution in [2.24, 2.45) is 5.73 Å². The molecule has 1 saturated heterocycles. The molecular weight excluding hydrogens is 272 g/mol. The van der Waals surface area contributed by atoms with Crippen LogP contribution in [0.1, 0.15) is 17.4 Å². The summed E-state index contributed by atoms with van der Waals surface area (Å²) in [6.07, 6.45) is -0.0523. The van der Waals surface area contributed by atoms with Gasteiger partial charge in [-0.15, -0.1) is 11.3 Å². The molecule has 2 rings (SSSR count). The Kier molecular flexibility index (Phi) is 4.08. The van der Waals surface area contributed by atoms with Gasteiger partial charge >= 0.3 is 0 Å². The zero-order chi connectivity index (χ0) is 13.3. The topological polar surface area (TPSA) is 72.6 Å². The third kappa shape index (κ3) is 2.60. The molecule has 0 spiro atoms. The van der Waals surface area contributed by atoms with Crippen LogP contribution in [0, 0.1) is 6.92 Å². The van der Waals surface area contributed by atoms with Gasteiger partial charge in [-0.3, -0.25) is 0 Å². The molecule has 5 nitrogen and oxygen atoms in total. The van der Waals surface area contributed by atoms with Gasteiger partial charge in [0.2, 0.25) is 0 Å². The first-order chi connectivity index (χ1) is 8.45. The first-order valence-electron chi connectivity index (χ1n) is 5.86. The first kappa shape index (κ1) is 14.0. The zero-order valence-corrected chi connectivity index (χ0v) is 12.2. The van der Waals surface area contributed by atoms with Crippen LogP contribution in [0.2, 0.25) is 0 Å². The number of thiophene rings is 1. The number of morpholine rings is 1. The number of hydrogen-bond donors (Lipinski definition) is 1. The number of nitrogens with zero attached hydrogens (tertiary/aromatic N) is 1. The predicted octanol–water partition coefficient (Wildman–Crippen LogP) is 0.925. The second-order valence-corrected chi connectivity index (χ2v) is 7.72. The van der Waals surface area contributed by atoms with Gasteiger partial charge in [-0.25, -0.2) is 8.42 Å². The lowest BCUT2D eigenvalue weighted by atomic mass is 10.3. The molecule has 0 amide bonds. The maximum absolute atomic E-state index is 12.5. The minimum Gasteiger partial charge on any atom is -0.376 e. The molecule has 1 aromatic heterocycles. The van der Waals surface area contributed by atoms with Crippen LogP contribution in [-0.4, -0.2) is 38.5 Å². The van der Waals surface area contributed by atoms with Crippen molar-refractivity contribution in [2.45, 2.75) is 30.7 Å². The lowest BCUT2D eigenvalue weighted by Crippen LogP contribution is -2.44. The van der Waals surface area contributed by atoms with E-state index < -0.39 is 10.0 Å². The van der Waals surface area contributed by atoms with Gasteiger partial charge in [0, 0.05) is 24.5 Å². The fourth-order valence-electron chi connectivity index (χ4n) is 1.95. The normalized spacial score (nSPS) is 22.3. The minimum absolute atomic E-state index is 0.0523. The Bertz CT molecular complexity index is 524. The van der Waals surface area contributed by atoms with Gasteiger partial charge in [-0.1, -0.05) is 0 Å². The van der Waals surface area contributed by atoms with Crippen LogP contribution in [0.5, 0.6) is 0 Å². The van der Waals surface area contributed by atoms with Crippen molar-refractivity contribution in [1.29, 1.82) is 0 Å². The van der Waals surface area contributed by atoms with Crippen LogP contribution in [0.25, 0.3) is 0 Å². The number of aryl methyl sites for hydroxylation is 1. The Labute approximate surface area is 112 Å². The van der Waals surface area contributed by atoms with E-state index in [1.165, 1.54) is 15.6 Å². The summed E-state index contributed by atoms with van der Waals surface area (Å²) in [5, 5.41) is 0. The van der Waals surface area contributed by atoms with E-state index in [2.05, 4.69) is 0 Å². The Hall–Kier alpha value is -0.470. The van der Waals surface area contributed by atoms with Gasteiger partial charge in [-0.05, 0) is 25.5 Å². The summed E-state index contributed by atoms with van der Waals surface area (Å²) in [5.74, 6) is 0. The molecule has 0 bridgehead atoms. The molecule has 1 atom stereocenters. The number of sulfonamides is 1. The SMILES string of the molecule is Cc1cc(S(=O)(=O)N2CCOC(C)C2)sc1CN. The highest BCUT2D eigenvalue weighted by Crippen LogP contribution is 2.29. The van der Waals surface area contributed by atoms with Gasteiger partial charge in [0.1, 0.15) is 4.21 Å². The fourth-order valence-corrected chi connectivity index (χ4v) is 5.07. The van der Waals surface area contributed by atoms with Gasteiger partial charge in [0.05, 0.1) is 12.7 Å². The summed E-state index contributed by atoms with van der Waals surface area (Å²) in [6.45, 7) is 5.44. The van der Waals surface area contributed by atoms with E-state index in [4.69, 9.17) is 10.5 Å². The summed E-state index contributed by atoms with van der Waals surface area (Å²) < 4.78 is 32.2. The standard InChI is InChI=1S/C11H18N2O3S2/c1-8-5-11(17-10(8)6-12)18(14,15)13-3-4-16-9(2)7-13/h5,9H,3-4,6-7,12H2,1-2H3. The van der Waals surface area contributed by atoms with Gasteiger partial charge in [0.25, 0.3) is 10.0 Å². The van der Waals surface area contributed by atoms with Crippen LogP contribution in [-0.2, 0) is 21.3 Å². The van der Waals surface area contributed by atoms with Gasteiger partial charge in [0.15, 0.2) is 0 Å². The van der Waals surface area contributed by atoms with Crippen LogP contribution in [0.3, 0.4) is 0 Å². The van der Waals surface area contributed by atoms with E-state index in [-0.39, 0.29) is 6.10 Å².